The molecule has 1 aliphatic rings. The van der Waals surface area contributed by atoms with Crippen LogP contribution in [-0.2, 0) is 4.74 Å². The van der Waals surface area contributed by atoms with E-state index in [4.69, 9.17) is 22.1 Å². The smallest absolute Gasteiger partial charge is 0.0577 e. The summed E-state index contributed by atoms with van der Waals surface area (Å²) in [6.07, 6.45) is 2.23. The molecule has 94 valence electrons. The summed E-state index contributed by atoms with van der Waals surface area (Å²) in [5.74, 6) is 0.652. The molecule has 1 aromatic rings. The summed E-state index contributed by atoms with van der Waals surface area (Å²) < 4.78 is 5.37. The van der Waals surface area contributed by atoms with Gasteiger partial charge in [0.15, 0.2) is 0 Å². The van der Waals surface area contributed by atoms with Gasteiger partial charge in [-0.15, -0.1) is 0 Å². The van der Waals surface area contributed by atoms with Crippen molar-refractivity contribution in [1.82, 2.24) is 0 Å². The van der Waals surface area contributed by atoms with E-state index in [1.807, 2.05) is 12.1 Å². The van der Waals surface area contributed by atoms with Crippen molar-refractivity contribution in [3.05, 3.63) is 23.2 Å². The maximum Gasteiger partial charge on any atom is 0.0577 e. The minimum absolute atomic E-state index is 0.405. The van der Waals surface area contributed by atoms with Crippen LogP contribution >= 0.6 is 11.6 Å². The molecule has 17 heavy (non-hydrogen) atoms. The second kappa shape index (κ2) is 5.61. The van der Waals surface area contributed by atoms with Crippen LogP contribution in [0.15, 0.2) is 18.2 Å². The Hall–Kier alpha value is -0.930. The van der Waals surface area contributed by atoms with Crippen molar-refractivity contribution in [2.24, 2.45) is 5.92 Å². The molecule has 0 aromatic heterocycles. The molecule has 0 radical (unpaired) electrons. The predicted octanol–water partition coefficient (Wildman–Crippen LogP) is 3.15. The van der Waals surface area contributed by atoms with Crippen molar-refractivity contribution in [2.45, 2.75) is 25.8 Å². The first kappa shape index (κ1) is 12.5. The molecule has 1 aliphatic heterocycles. The Morgan fingerprint density at radius 1 is 1.41 bits per heavy atom. The first-order valence-electron chi connectivity index (χ1n) is 6.06. The molecule has 0 spiro atoms. The summed E-state index contributed by atoms with van der Waals surface area (Å²) in [6, 6.07) is 5.98. The van der Waals surface area contributed by atoms with Gasteiger partial charge >= 0.3 is 0 Å². The molecule has 3 N–H and O–H groups in total. The second-order valence-electron chi connectivity index (χ2n) is 4.61. The van der Waals surface area contributed by atoms with E-state index in [2.05, 4.69) is 12.2 Å². The largest absolute Gasteiger partial charge is 0.397 e. The van der Waals surface area contributed by atoms with E-state index in [1.54, 1.807) is 6.07 Å². The van der Waals surface area contributed by atoms with Crippen molar-refractivity contribution < 1.29 is 4.74 Å². The van der Waals surface area contributed by atoms with E-state index in [1.165, 1.54) is 0 Å². The Morgan fingerprint density at radius 3 is 2.76 bits per heavy atom. The van der Waals surface area contributed by atoms with Gasteiger partial charge in [0.25, 0.3) is 0 Å². The normalized spacial score (nSPS) is 18.9. The number of rotatable bonds is 3. The number of benzene rings is 1. The van der Waals surface area contributed by atoms with Gasteiger partial charge in [0, 0.05) is 24.3 Å². The molecule has 3 nitrogen and oxygen atoms in total. The van der Waals surface area contributed by atoms with Gasteiger partial charge in [-0.3, -0.25) is 0 Å². The Morgan fingerprint density at radius 2 is 2.12 bits per heavy atom. The van der Waals surface area contributed by atoms with Crippen LogP contribution in [-0.4, -0.2) is 19.3 Å². The third-order valence-corrected chi connectivity index (χ3v) is 3.60. The second-order valence-corrected chi connectivity index (χ2v) is 5.05. The lowest BCUT2D eigenvalue weighted by Crippen LogP contribution is -2.31. The SMILES string of the molecule is CC(Nc1ccc(Cl)cc1N)C1CCOCC1. The highest BCUT2D eigenvalue weighted by Crippen LogP contribution is 2.26. The van der Waals surface area contributed by atoms with Crippen LogP contribution in [0.2, 0.25) is 5.02 Å². The Bertz CT molecular complexity index is 378. The van der Waals surface area contributed by atoms with E-state index < -0.39 is 0 Å². The van der Waals surface area contributed by atoms with Crippen LogP contribution in [0.1, 0.15) is 19.8 Å². The molecule has 1 fully saturated rings. The van der Waals surface area contributed by atoms with Crippen LogP contribution in [0.4, 0.5) is 11.4 Å². The zero-order chi connectivity index (χ0) is 12.3. The molecular weight excluding hydrogens is 236 g/mol. The van der Waals surface area contributed by atoms with Crippen LogP contribution in [0, 0.1) is 5.92 Å². The highest BCUT2D eigenvalue weighted by molar-refractivity contribution is 6.31. The highest BCUT2D eigenvalue weighted by atomic mass is 35.5. The monoisotopic (exact) mass is 254 g/mol. The number of anilines is 2. The molecule has 0 amide bonds. The van der Waals surface area contributed by atoms with Crippen LogP contribution in [0.25, 0.3) is 0 Å². The fraction of sp³-hybridized carbons (Fsp3) is 0.538. The molecule has 1 unspecified atom stereocenters. The zero-order valence-corrected chi connectivity index (χ0v) is 10.8. The minimum Gasteiger partial charge on any atom is -0.397 e. The van der Waals surface area contributed by atoms with Crippen molar-refractivity contribution in [2.75, 3.05) is 24.3 Å². The molecular formula is C13H19ClN2O. The average molecular weight is 255 g/mol. The third kappa shape index (κ3) is 3.27. The molecule has 1 atom stereocenters. The standard InChI is InChI=1S/C13H19ClN2O/c1-9(10-4-6-17-7-5-10)16-13-3-2-11(14)8-12(13)15/h2-3,8-10,16H,4-7,15H2,1H3. The van der Waals surface area contributed by atoms with E-state index in [0.29, 0.717) is 22.7 Å². The van der Waals surface area contributed by atoms with E-state index >= 15 is 0 Å². The predicted molar refractivity (Wildman–Crippen MR) is 72.5 cm³/mol. The van der Waals surface area contributed by atoms with Crippen LogP contribution < -0.4 is 11.1 Å². The first-order chi connectivity index (χ1) is 8.16. The summed E-state index contributed by atoms with van der Waals surface area (Å²) >= 11 is 5.88. The van der Waals surface area contributed by atoms with Crippen LogP contribution in [0.5, 0.6) is 0 Å². The van der Waals surface area contributed by atoms with Crippen molar-refractivity contribution >= 4 is 23.0 Å². The number of nitrogens with two attached hydrogens (primary N) is 1. The summed E-state index contributed by atoms with van der Waals surface area (Å²) in [5.41, 5.74) is 7.60. The number of ether oxygens (including phenoxy) is 1. The lowest BCUT2D eigenvalue weighted by atomic mass is 9.93. The molecule has 1 aromatic carbocycles. The quantitative estimate of drug-likeness (QED) is 0.815. The Kier molecular flexibility index (Phi) is 4.13. The van der Waals surface area contributed by atoms with Gasteiger partial charge in [-0.1, -0.05) is 11.6 Å². The molecule has 1 heterocycles. The molecule has 1 saturated heterocycles. The van der Waals surface area contributed by atoms with E-state index in [0.717, 1.165) is 31.7 Å². The number of halogens is 1. The highest BCUT2D eigenvalue weighted by Gasteiger charge is 2.20. The van der Waals surface area contributed by atoms with Crippen molar-refractivity contribution in [3.8, 4) is 0 Å². The topological polar surface area (TPSA) is 47.3 Å². The molecule has 2 rings (SSSR count). The zero-order valence-electron chi connectivity index (χ0n) is 10.1. The van der Waals surface area contributed by atoms with Gasteiger partial charge in [0.05, 0.1) is 11.4 Å². The minimum atomic E-state index is 0.405. The van der Waals surface area contributed by atoms with Gasteiger partial charge in [0.1, 0.15) is 0 Å². The van der Waals surface area contributed by atoms with Crippen LogP contribution in [0.3, 0.4) is 0 Å². The van der Waals surface area contributed by atoms with Crippen molar-refractivity contribution in [1.29, 1.82) is 0 Å². The third-order valence-electron chi connectivity index (χ3n) is 3.37. The Balaban J connectivity index is 1.99. The lowest BCUT2D eigenvalue weighted by Gasteiger charge is -2.29. The van der Waals surface area contributed by atoms with Gasteiger partial charge in [-0.2, -0.15) is 0 Å². The molecule has 0 aliphatic carbocycles. The Labute approximate surface area is 107 Å². The number of hydrogen-bond donors (Lipinski definition) is 2. The first-order valence-corrected chi connectivity index (χ1v) is 6.44. The van der Waals surface area contributed by atoms with Gasteiger partial charge in [-0.25, -0.2) is 0 Å². The van der Waals surface area contributed by atoms with Gasteiger partial charge in [0.2, 0.25) is 0 Å². The van der Waals surface area contributed by atoms with Gasteiger partial charge < -0.3 is 15.8 Å². The lowest BCUT2D eigenvalue weighted by molar-refractivity contribution is 0.0622. The maximum atomic E-state index is 5.93. The maximum absolute atomic E-state index is 5.93. The summed E-state index contributed by atoms with van der Waals surface area (Å²) in [6.45, 7) is 3.93. The van der Waals surface area contributed by atoms with E-state index in [9.17, 15) is 0 Å². The fourth-order valence-electron chi connectivity index (χ4n) is 2.24. The average Bonchev–Trinajstić information content (AvgIpc) is 2.34. The summed E-state index contributed by atoms with van der Waals surface area (Å²) in [7, 11) is 0. The summed E-state index contributed by atoms with van der Waals surface area (Å²) in [4.78, 5) is 0. The number of nitrogen functional groups attached to an aromatic ring is 1. The summed E-state index contributed by atoms with van der Waals surface area (Å²) in [5, 5.41) is 4.14. The number of nitrogens with one attached hydrogen (secondary N) is 1. The molecule has 0 saturated carbocycles. The molecule has 4 heteroatoms. The van der Waals surface area contributed by atoms with Crippen molar-refractivity contribution in [3.63, 3.8) is 0 Å². The van der Waals surface area contributed by atoms with Gasteiger partial charge in [-0.05, 0) is 43.9 Å². The fourth-order valence-corrected chi connectivity index (χ4v) is 2.42. The number of hydrogen-bond acceptors (Lipinski definition) is 3. The molecule has 0 bridgehead atoms. The van der Waals surface area contributed by atoms with E-state index in [-0.39, 0.29) is 0 Å².